The van der Waals surface area contributed by atoms with Gasteiger partial charge in [-0.3, -0.25) is 4.79 Å². The number of rotatable bonds is 2. The molecule has 0 aromatic carbocycles. The molecule has 1 spiro atoms. The number of esters is 1. The first-order chi connectivity index (χ1) is 6.15. The van der Waals surface area contributed by atoms with Crippen molar-refractivity contribution in [3.63, 3.8) is 0 Å². The van der Waals surface area contributed by atoms with Gasteiger partial charge in [0.15, 0.2) is 0 Å². The van der Waals surface area contributed by atoms with Crippen LogP contribution in [0.1, 0.15) is 32.6 Å². The van der Waals surface area contributed by atoms with Crippen molar-refractivity contribution < 1.29 is 9.53 Å². The second kappa shape index (κ2) is 3.26. The van der Waals surface area contributed by atoms with Crippen molar-refractivity contribution in [2.24, 2.45) is 11.3 Å². The Morgan fingerprint density at radius 2 is 2.08 bits per heavy atom. The minimum absolute atomic E-state index is 0.0196. The summed E-state index contributed by atoms with van der Waals surface area (Å²) in [7, 11) is 0. The maximum absolute atomic E-state index is 11.3. The molecule has 2 rings (SSSR count). The number of alkyl halides is 1. The van der Waals surface area contributed by atoms with E-state index in [9.17, 15) is 4.79 Å². The van der Waals surface area contributed by atoms with Crippen LogP contribution in [0.25, 0.3) is 0 Å². The summed E-state index contributed by atoms with van der Waals surface area (Å²) in [5, 5.41) is 0. The van der Waals surface area contributed by atoms with Crippen LogP contribution in [0.4, 0.5) is 0 Å². The van der Waals surface area contributed by atoms with Gasteiger partial charge in [-0.25, -0.2) is 0 Å². The fraction of sp³-hybridized carbons (Fsp3) is 0.900. The number of halogens is 1. The quantitative estimate of drug-likeness (QED) is 0.553. The molecule has 0 unspecified atom stereocenters. The Hall–Kier alpha value is -0.0500. The highest BCUT2D eigenvalue weighted by Gasteiger charge is 2.54. The Bertz CT molecular complexity index is 213. The van der Waals surface area contributed by atoms with Crippen LogP contribution in [-0.2, 0) is 9.53 Å². The first-order valence-electron chi connectivity index (χ1n) is 4.96. The van der Waals surface area contributed by atoms with Gasteiger partial charge in [0.2, 0.25) is 0 Å². The lowest BCUT2D eigenvalue weighted by Crippen LogP contribution is -2.50. The molecule has 2 aliphatic carbocycles. The van der Waals surface area contributed by atoms with Crippen LogP contribution in [0.5, 0.6) is 0 Å². The molecule has 0 N–H and O–H groups in total. The minimum Gasteiger partial charge on any atom is -0.466 e. The van der Waals surface area contributed by atoms with Crippen LogP contribution < -0.4 is 0 Å². The normalized spacial score (nSPS) is 42.3. The fourth-order valence-electron chi connectivity index (χ4n) is 2.63. The Labute approximate surface area is 87.2 Å². The summed E-state index contributed by atoms with van der Waals surface area (Å²) in [6, 6.07) is 0. The molecule has 2 aliphatic rings. The molecule has 0 atom stereocenters. The van der Waals surface area contributed by atoms with E-state index >= 15 is 0 Å². The van der Waals surface area contributed by atoms with Gasteiger partial charge in [0.25, 0.3) is 0 Å². The van der Waals surface area contributed by atoms with Gasteiger partial charge in [-0.1, -0.05) is 15.9 Å². The number of carbonyl (C=O) groups excluding carboxylic acids is 1. The van der Waals surface area contributed by atoms with Gasteiger partial charge in [0, 0.05) is 4.83 Å². The average molecular weight is 247 g/mol. The van der Waals surface area contributed by atoms with E-state index in [1.54, 1.807) is 0 Å². The highest BCUT2D eigenvalue weighted by atomic mass is 79.9. The smallest absolute Gasteiger partial charge is 0.308 e. The summed E-state index contributed by atoms with van der Waals surface area (Å²) in [6.07, 6.45) is 4.63. The fourth-order valence-corrected chi connectivity index (χ4v) is 4.00. The second-order valence-electron chi connectivity index (χ2n) is 4.36. The third-order valence-corrected chi connectivity index (χ3v) is 3.94. The highest BCUT2D eigenvalue weighted by molar-refractivity contribution is 9.09. The predicted molar refractivity (Wildman–Crippen MR) is 53.7 cm³/mol. The van der Waals surface area contributed by atoms with Gasteiger partial charge < -0.3 is 4.74 Å². The molecule has 2 saturated carbocycles. The van der Waals surface area contributed by atoms with Gasteiger partial charge in [0.1, 0.15) is 0 Å². The topological polar surface area (TPSA) is 26.3 Å². The molecule has 0 radical (unpaired) electrons. The zero-order valence-electron chi connectivity index (χ0n) is 7.88. The number of carbonyl (C=O) groups is 1. The number of ether oxygens (including phenoxy) is 1. The first kappa shape index (κ1) is 9.50. The lowest BCUT2D eigenvalue weighted by Gasteiger charge is -2.55. The van der Waals surface area contributed by atoms with E-state index in [1.165, 1.54) is 12.8 Å². The Balaban J connectivity index is 1.75. The lowest BCUT2D eigenvalue weighted by atomic mass is 9.52. The molecule has 0 bridgehead atoms. The third-order valence-electron chi connectivity index (χ3n) is 3.29. The van der Waals surface area contributed by atoms with Crippen molar-refractivity contribution in [1.82, 2.24) is 0 Å². The van der Waals surface area contributed by atoms with Crippen molar-refractivity contribution in [1.29, 1.82) is 0 Å². The maximum Gasteiger partial charge on any atom is 0.308 e. The third kappa shape index (κ3) is 1.63. The van der Waals surface area contributed by atoms with E-state index in [4.69, 9.17) is 4.74 Å². The molecular weight excluding hydrogens is 232 g/mol. The second-order valence-corrected chi connectivity index (χ2v) is 5.66. The summed E-state index contributed by atoms with van der Waals surface area (Å²) < 4.78 is 4.98. The summed E-state index contributed by atoms with van der Waals surface area (Å²) in [5.41, 5.74) is 0.519. The Kier molecular flexibility index (Phi) is 2.39. The SMILES string of the molecule is CCOC(=O)C1CC2(CC(Br)C2)C1. The molecule has 0 heterocycles. The molecule has 2 nitrogen and oxygen atoms in total. The van der Waals surface area contributed by atoms with Crippen LogP contribution in [-0.4, -0.2) is 17.4 Å². The largest absolute Gasteiger partial charge is 0.466 e. The zero-order valence-corrected chi connectivity index (χ0v) is 9.47. The molecule has 0 amide bonds. The van der Waals surface area contributed by atoms with E-state index < -0.39 is 0 Å². The van der Waals surface area contributed by atoms with Crippen LogP contribution in [0.3, 0.4) is 0 Å². The molecule has 0 aromatic heterocycles. The van der Waals surface area contributed by atoms with Crippen LogP contribution >= 0.6 is 15.9 Å². The van der Waals surface area contributed by atoms with Crippen molar-refractivity contribution in [3.8, 4) is 0 Å². The minimum atomic E-state index is 0.0196. The van der Waals surface area contributed by atoms with Crippen molar-refractivity contribution in [2.75, 3.05) is 6.61 Å². The zero-order chi connectivity index (χ0) is 9.47. The van der Waals surface area contributed by atoms with Gasteiger partial charge in [-0.15, -0.1) is 0 Å². The molecule has 13 heavy (non-hydrogen) atoms. The summed E-state index contributed by atoms with van der Waals surface area (Å²) >= 11 is 3.58. The maximum atomic E-state index is 11.3. The first-order valence-corrected chi connectivity index (χ1v) is 5.87. The summed E-state index contributed by atoms with van der Waals surface area (Å²) in [5.74, 6) is 0.228. The van der Waals surface area contributed by atoms with E-state index in [2.05, 4.69) is 15.9 Å². The molecule has 2 fully saturated rings. The molecule has 3 heteroatoms. The summed E-state index contributed by atoms with van der Waals surface area (Å²) in [6.45, 7) is 2.38. The Morgan fingerprint density at radius 3 is 2.54 bits per heavy atom. The number of hydrogen-bond acceptors (Lipinski definition) is 2. The van der Waals surface area contributed by atoms with E-state index in [1.807, 2.05) is 6.92 Å². The van der Waals surface area contributed by atoms with Crippen molar-refractivity contribution in [2.45, 2.75) is 37.4 Å². The van der Waals surface area contributed by atoms with E-state index in [0.717, 1.165) is 12.8 Å². The van der Waals surface area contributed by atoms with E-state index in [0.29, 0.717) is 16.8 Å². The van der Waals surface area contributed by atoms with Crippen molar-refractivity contribution in [3.05, 3.63) is 0 Å². The Morgan fingerprint density at radius 1 is 1.46 bits per heavy atom. The molecule has 74 valence electrons. The van der Waals surface area contributed by atoms with Gasteiger partial charge >= 0.3 is 5.97 Å². The standard InChI is InChI=1S/C10H15BrO2/c1-2-13-9(12)7-3-10(4-7)5-8(11)6-10/h7-8H,2-6H2,1H3. The molecule has 0 saturated heterocycles. The van der Waals surface area contributed by atoms with Gasteiger partial charge in [-0.05, 0) is 38.0 Å². The molecular formula is C10H15BrO2. The lowest BCUT2D eigenvalue weighted by molar-refractivity contribution is -0.160. The summed E-state index contributed by atoms with van der Waals surface area (Å²) in [4.78, 5) is 12.0. The predicted octanol–water partition coefficient (Wildman–Crippen LogP) is 2.50. The van der Waals surface area contributed by atoms with Crippen molar-refractivity contribution >= 4 is 21.9 Å². The monoisotopic (exact) mass is 246 g/mol. The average Bonchev–Trinajstić information content (AvgIpc) is 1.94. The van der Waals surface area contributed by atoms with Crippen LogP contribution in [0, 0.1) is 11.3 Å². The van der Waals surface area contributed by atoms with Crippen LogP contribution in [0.2, 0.25) is 0 Å². The van der Waals surface area contributed by atoms with E-state index in [-0.39, 0.29) is 11.9 Å². The molecule has 0 aliphatic heterocycles. The van der Waals surface area contributed by atoms with Crippen LogP contribution in [0.15, 0.2) is 0 Å². The highest BCUT2D eigenvalue weighted by Crippen LogP contribution is 2.60. The molecule has 0 aromatic rings. The van der Waals surface area contributed by atoms with Gasteiger partial charge in [-0.2, -0.15) is 0 Å². The van der Waals surface area contributed by atoms with Gasteiger partial charge in [0.05, 0.1) is 12.5 Å². The number of hydrogen-bond donors (Lipinski definition) is 0.